The predicted octanol–water partition coefficient (Wildman–Crippen LogP) is -0.158. The van der Waals surface area contributed by atoms with Crippen molar-refractivity contribution in [2.75, 3.05) is 0 Å². The largest absolute Gasteiger partial charge is 0.480 e. The normalized spacial score (nSPS) is 12.8. The van der Waals surface area contributed by atoms with E-state index in [1.165, 1.54) is 0 Å². The third-order valence-corrected chi connectivity index (χ3v) is 0.903. The standard InChI is InChI=1S/C4H7NO2S/c1-2(8)3(5)4(6)7/h3,8H,1,5H2,(H,6,7)/t3-/m0/s1. The number of carbonyl (C=O) groups is 1. The first-order valence-electron chi connectivity index (χ1n) is 1.92. The van der Waals surface area contributed by atoms with Crippen molar-refractivity contribution in [2.24, 2.45) is 5.73 Å². The molecule has 0 fully saturated rings. The van der Waals surface area contributed by atoms with Gasteiger partial charge in [0.25, 0.3) is 0 Å². The van der Waals surface area contributed by atoms with Crippen molar-refractivity contribution in [2.45, 2.75) is 6.04 Å². The second-order valence-electron chi connectivity index (χ2n) is 1.31. The molecule has 0 amide bonds. The highest BCUT2D eigenvalue weighted by atomic mass is 32.1. The lowest BCUT2D eigenvalue weighted by molar-refractivity contribution is -0.137. The summed E-state index contributed by atoms with van der Waals surface area (Å²) in [4.78, 5) is 10.1. The lowest BCUT2D eigenvalue weighted by Crippen LogP contribution is -2.29. The molecule has 0 aliphatic rings. The summed E-state index contributed by atoms with van der Waals surface area (Å²) in [5, 5.41) is 8.12. The monoisotopic (exact) mass is 133 g/mol. The minimum absolute atomic E-state index is 0.164. The van der Waals surface area contributed by atoms with Crippen LogP contribution in [0.2, 0.25) is 0 Å². The summed E-state index contributed by atoms with van der Waals surface area (Å²) in [6.45, 7) is 3.23. The van der Waals surface area contributed by atoms with Gasteiger partial charge in [0, 0.05) is 4.91 Å². The van der Waals surface area contributed by atoms with Gasteiger partial charge in [-0.25, -0.2) is 0 Å². The summed E-state index contributed by atoms with van der Waals surface area (Å²) in [7, 11) is 0. The zero-order chi connectivity index (χ0) is 6.73. The Bertz CT molecular complexity index is 109. The fraction of sp³-hybridized carbons (Fsp3) is 0.250. The van der Waals surface area contributed by atoms with Crippen LogP contribution in [-0.4, -0.2) is 17.1 Å². The van der Waals surface area contributed by atoms with Crippen LogP contribution in [0.25, 0.3) is 0 Å². The molecule has 0 heterocycles. The quantitative estimate of drug-likeness (QED) is 0.459. The molecule has 3 N–H and O–H groups in total. The molecule has 0 unspecified atom stereocenters. The molecule has 4 heteroatoms. The molecule has 46 valence electrons. The van der Waals surface area contributed by atoms with Gasteiger partial charge >= 0.3 is 5.97 Å². The van der Waals surface area contributed by atoms with E-state index in [-0.39, 0.29) is 4.91 Å². The predicted molar refractivity (Wildman–Crippen MR) is 33.7 cm³/mol. The Kier molecular flexibility index (Phi) is 2.57. The zero-order valence-corrected chi connectivity index (χ0v) is 5.06. The molecular weight excluding hydrogens is 126 g/mol. The SMILES string of the molecule is C=C(S)[C@H](N)C(=O)O. The Morgan fingerprint density at radius 3 is 2.25 bits per heavy atom. The number of rotatable bonds is 2. The van der Waals surface area contributed by atoms with E-state index in [4.69, 9.17) is 10.8 Å². The first kappa shape index (κ1) is 7.52. The summed E-state index contributed by atoms with van der Waals surface area (Å²) in [5.74, 6) is -1.11. The molecule has 0 rings (SSSR count). The molecule has 8 heavy (non-hydrogen) atoms. The van der Waals surface area contributed by atoms with Crippen LogP contribution < -0.4 is 5.73 Å². The summed E-state index contributed by atoms with van der Waals surface area (Å²) >= 11 is 3.63. The van der Waals surface area contributed by atoms with Crippen molar-refractivity contribution < 1.29 is 9.90 Å². The van der Waals surface area contributed by atoms with Gasteiger partial charge in [-0.15, -0.1) is 12.6 Å². The number of hydrogen-bond acceptors (Lipinski definition) is 3. The molecule has 0 saturated carbocycles. The molecule has 0 spiro atoms. The van der Waals surface area contributed by atoms with Crippen molar-refractivity contribution in [3.8, 4) is 0 Å². The summed E-state index contributed by atoms with van der Waals surface area (Å²) in [6, 6.07) is -1.04. The molecule has 3 nitrogen and oxygen atoms in total. The number of thiol groups is 1. The minimum Gasteiger partial charge on any atom is -0.480 e. The van der Waals surface area contributed by atoms with Gasteiger partial charge in [-0.2, -0.15) is 0 Å². The number of hydrogen-bond donors (Lipinski definition) is 3. The van der Waals surface area contributed by atoms with Gasteiger partial charge < -0.3 is 10.8 Å². The van der Waals surface area contributed by atoms with E-state index in [1.807, 2.05) is 0 Å². The second kappa shape index (κ2) is 2.74. The summed E-state index contributed by atoms with van der Waals surface area (Å²) in [5.41, 5.74) is 4.98. The highest BCUT2D eigenvalue weighted by Gasteiger charge is 2.10. The molecule has 1 atom stereocenters. The van der Waals surface area contributed by atoms with Crippen LogP contribution in [0.4, 0.5) is 0 Å². The fourth-order valence-corrected chi connectivity index (χ4v) is 0.253. The van der Waals surface area contributed by atoms with Crippen LogP contribution in [0.5, 0.6) is 0 Å². The number of carboxylic acids is 1. The third-order valence-electron chi connectivity index (χ3n) is 0.625. The van der Waals surface area contributed by atoms with Crippen LogP contribution >= 0.6 is 12.6 Å². The number of carboxylic acid groups (broad SMARTS) is 1. The van der Waals surface area contributed by atoms with Crippen molar-refractivity contribution in [3.05, 3.63) is 11.5 Å². The lowest BCUT2D eigenvalue weighted by atomic mass is 10.3. The summed E-state index contributed by atoms with van der Waals surface area (Å²) in [6.07, 6.45) is 0. The lowest BCUT2D eigenvalue weighted by Gasteiger charge is -2.00. The Labute approximate surface area is 52.6 Å². The highest BCUT2D eigenvalue weighted by Crippen LogP contribution is 1.99. The Morgan fingerprint density at radius 1 is 1.88 bits per heavy atom. The van der Waals surface area contributed by atoms with Crippen molar-refractivity contribution in [3.63, 3.8) is 0 Å². The first-order chi connectivity index (χ1) is 3.55. The molecule has 0 aromatic heterocycles. The molecule has 0 saturated heterocycles. The van der Waals surface area contributed by atoms with E-state index in [9.17, 15) is 4.79 Å². The molecule has 0 aliphatic heterocycles. The van der Waals surface area contributed by atoms with Gasteiger partial charge in [0.1, 0.15) is 6.04 Å². The van der Waals surface area contributed by atoms with Crippen LogP contribution in [0.3, 0.4) is 0 Å². The Balaban J connectivity index is 3.83. The van der Waals surface area contributed by atoms with E-state index in [1.54, 1.807) is 0 Å². The maximum Gasteiger partial charge on any atom is 0.325 e. The van der Waals surface area contributed by atoms with E-state index in [0.29, 0.717) is 0 Å². The third kappa shape index (κ3) is 1.99. The van der Waals surface area contributed by atoms with Crippen LogP contribution in [0.1, 0.15) is 0 Å². The van der Waals surface area contributed by atoms with Gasteiger partial charge in [-0.3, -0.25) is 4.79 Å². The fourth-order valence-electron chi connectivity index (χ4n) is 0.143. The average Bonchev–Trinajstić information content (AvgIpc) is 1.64. The number of nitrogens with two attached hydrogens (primary N) is 1. The molecular formula is C4H7NO2S. The van der Waals surface area contributed by atoms with E-state index < -0.39 is 12.0 Å². The maximum atomic E-state index is 9.91. The van der Waals surface area contributed by atoms with Gasteiger partial charge in [-0.1, -0.05) is 6.58 Å². The van der Waals surface area contributed by atoms with E-state index >= 15 is 0 Å². The Hall–Kier alpha value is -0.480. The van der Waals surface area contributed by atoms with Crippen molar-refractivity contribution in [1.29, 1.82) is 0 Å². The van der Waals surface area contributed by atoms with E-state index in [0.717, 1.165) is 0 Å². The molecule has 0 bridgehead atoms. The topological polar surface area (TPSA) is 63.3 Å². The van der Waals surface area contributed by atoms with Gasteiger partial charge in [0.2, 0.25) is 0 Å². The Morgan fingerprint density at radius 2 is 2.25 bits per heavy atom. The maximum absolute atomic E-state index is 9.91. The van der Waals surface area contributed by atoms with Crippen molar-refractivity contribution in [1.82, 2.24) is 0 Å². The molecule has 0 aromatic rings. The van der Waals surface area contributed by atoms with Gasteiger partial charge in [-0.05, 0) is 0 Å². The molecule has 0 aromatic carbocycles. The average molecular weight is 133 g/mol. The smallest absolute Gasteiger partial charge is 0.325 e. The zero-order valence-electron chi connectivity index (χ0n) is 4.16. The highest BCUT2D eigenvalue weighted by molar-refractivity contribution is 7.84. The van der Waals surface area contributed by atoms with Gasteiger partial charge in [0.15, 0.2) is 0 Å². The molecule has 0 radical (unpaired) electrons. The molecule has 0 aliphatic carbocycles. The van der Waals surface area contributed by atoms with Crippen LogP contribution in [-0.2, 0) is 4.79 Å². The van der Waals surface area contributed by atoms with Crippen LogP contribution in [0, 0.1) is 0 Å². The minimum atomic E-state index is -1.11. The first-order valence-corrected chi connectivity index (χ1v) is 2.36. The van der Waals surface area contributed by atoms with Crippen LogP contribution in [0.15, 0.2) is 11.5 Å². The summed E-state index contributed by atoms with van der Waals surface area (Å²) < 4.78 is 0. The number of aliphatic carboxylic acids is 1. The van der Waals surface area contributed by atoms with Gasteiger partial charge in [0.05, 0.1) is 0 Å². The van der Waals surface area contributed by atoms with Crippen molar-refractivity contribution >= 4 is 18.6 Å². The second-order valence-corrected chi connectivity index (χ2v) is 1.88. The van der Waals surface area contributed by atoms with E-state index in [2.05, 4.69) is 19.2 Å².